The number of hydrogen-bond donors (Lipinski definition) is 3. The smallest absolute Gasteiger partial charge is 0.319 e. The molecular weight excluding hydrogens is 358 g/mol. The minimum atomic E-state index is -0.269. The first-order chi connectivity index (χ1) is 13.4. The molecule has 3 N–H and O–H groups in total. The van der Waals surface area contributed by atoms with Gasteiger partial charge in [0.2, 0.25) is 0 Å². The van der Waals surface area contributed by atoms with E-state index < -0.39 is 0 Å². The van der Waals surface area contributed by atoms with E-state index in [1.165, 1.54) is 0 Å². The molecule has 3 amide bonds. The average Bonchev–Trinajstić information content (AvgIpc) is 3.14. The molecular formula is C20H27N5O3. The second-order valence-corrected chi connectivity index (χ2v) is 6.92. The molecule has 2 heterocycles. The van der Waals surface area contributed by atoms with Crippen molar-refractivity contribution < 1.29 is 14.3 Å². The highest BCUT2D eigenvalue weighted by Crippen LogP contribution is 2.41. The van der Waals surface area contributed by atoms with Crippen LogP contribution in [0.5, 0.6) is 5.75 Å². The Morgan fingerprint density at radius 3 is 2.82 bits per heavy atom. The van der Waals surface area contributed by atoms with E-state index >= 15 is 0 Å². The van der Waals surface area contributed by atoms with Crippen molar-refractivity contribution >= 4 is 23.3 Å². The first-order valence-electron chi connectivity index (χ1n) is 9.53. The number of rotatable bonds is 6. The first-order valence-corrected chi connectivity index (χ1v) is 9.53. The minimum Gasteiger partial charge on any atom is -0.481 e. The molecule has 150 valence electrons. The zero-order chi connectivity index (χ0) is 20.3. The number of carbonyl (C=O) groups excluding carboxylic acids is 2. The second-order valence-electron chi connectivity index (χ2n) is 6.92. The quantitative estimate of drug-likeness (QED) is 0.666. The fraction of sp³-hybridized carbons (Fsp3) is 0.450. The summed E-state index contributed by atoms with van der Waals surface area (Å²) < 4.78 is 7.67. The van der Waals surface area contributed by atoms with Crippen LogP contribution in [-0.2, 0) is 17.8 Å². The molecule has 1 aromatic carbocycles. The highest BCUT2D eigenvalue weighted by molar-refractivity contribution is 6.00. The number of benzene rings is 1. The van der Waals surface area contributed by atoms with E-state index in [1.54, 1.807) is 6.20 Å². The molecule has 1 aliphatic rings. The Labute approximate surface area is 164 Å². The van der Waals surface area contributed by atoms with Crippen molar-refractivity contribution in [2.45, 2.75) is 47.1 Å². The molecule has 2 aromatic rings. The molecule has 8 nitrogen and oxygen atoms in total. The van der Waals surface area contributed by atoms with Gasteiger partial charge in [-0.2, -0.15) is 0 Å². The van der Waals surface area contributed by atoms with Crippen LogP contribution in [0.25, 0.3) is 0 Å². The molecule has 0 radical (unpaired) electrons. The van der Waals surface area contributed by atoms with Crippen molar-refractivity contribution in [1.29, 1.82) is 0 Å². The van der Waals surface area contributed by atoms with Gasteiger partial charge in [-0.1, -0.05) is 6.92 Å². The Morgan fingerprint density at radius 2 is 2.07 bits per heavy atom. The normalized spacial score (nSPS) is 12.8. The third kappa shape index (κ3) is 3.95. The van der Waals surface area contributed by atoms with Gasteiger partial charge in [0.05, 0.1) is 11.4 Å². The molecule has 0 saturated heterocycles. The number of carbonyl (C=O) groups is 2. The molecule has 0 fully saturated rings. The van der Waals surface area contributed by atoms with Crippen LogP contribution in [-0.4, -0.2) is 34.6 Å². The summed E-state index contributed by atoms with van der Waals surface area (Å²) in [4.78, 5) is 28.4. The van der Waals surface area contributed by atoms with Crippen molar-refractivity contribution in [3.63, 3.8) is 0 Å². The van der Waals surface area contributed by atoms with Gasteiger partial charge in [-0.25, -0.2) is 9.78 Å². The van der Waals surface area contributed by atoms with Gasteiger partial charge in [-0.05, 0) is 38.3 Å². The second kappa shape index (κ2) is 8.33. The molecule has 8 heteroatoms. The van der Waals surface area contributed by atoms with Gasteiger partial charge >= 0.3 is 6.03 Å². The van der Waals surface area contributed by atoms with Crippen LogP contribution in [0.15, 0.2) is 12.4 Å². The van der Waals surface area contributed by atoms with Gasteiger partial charge < -0.3 is 25.3 Å². The third-order valence-corrected chi connectivity index (χ3v) is 5.08. The largest absolute Gasteiger partial charge is 0.481 e. The highest BCUT2D eigenvalue weighted by Gasteiger charge is 2.25. The maximum Gasteiger partial charge on any atom is 0.319 e. The molecule has 0 unspecified atom stereocenters. The standard InChI is InChI=1S/C20H27N5O3/c1-5-15-21-8-10-25(15)9-6-7-22-20(27)24-17-12(2)13(3)19-18(14(17)4)23-16(26)11-28-19/h8,10H,5-7,9,11H2,1-4H3,(H,23,26)(H2,22,24,27). The van der Waals surface area contributed by atoms with Crippen LogP contribution >= 0.6 is 0 Å². The first kappa shape index (κ1) is 19.7. The van der Waals surface area contributed by atoms with E-state index in [-0.39, 0.29) is 18.5 Å². The lowest BCUT2D eigenvalue weighted by molar-refractivity contribution is -0.118. The number of aromatic nitrogens is 2. The number of anilines is 2. The number of hydrogen-bond acceptors (Lipinski definition) is 4. The summed E-state index contributed by atoms with van der Waals surface area (Å²) >= 11 is 0. The molecule has 1 aromatic heterocycles. The monoisotopic (exact) mass is 385 g/mol. The summed E-state index contributed by atoms with van der Waals surface area (Å²) in [6.45, 7) is 9.16. The Morgan fingerprint density at radius 1 is 1.29 bits per heavy atom. The van der Waals surface area contributed by atoms with Crippen LogP contribution in [0.2, 0.25) is 0 Å². The molecule has 0 bridgehead atoms. The number of fused-ring (bicyclic) bond motifs is 1. The SMILES string of the molecule is CCc1nccn1CCCNC(=O)Nc1c(C)c(C)c2c(c1C)NC(=O)CO2. The Balaban J connectivity index is 1.62. The zero-order valence-corrected chi connectivity index (χ0v) is 16.8. The number of urea groups is 1. The summed E-state index contributed by atoms with van der Waals surface area (Å²) in [6, 6.07) is -0.269. The van der Waals surface area contributed by atoms with Gasteiger partial charge in [0, 0.05) is 37.5 Å². The average molecular weight is 385 g/mol. The van der Waals surface area contributed by atoms with E-state index in [1.807, 2.05) is 27.0 Å². The molecule has 28 heavy (non-hydrogen) atoms. The van der Waals surface area contributed by atoms with Gasteiger partial charge in [-0.3, -0.25) is 4.79 Å². The lowest BCUT2D eigenvalue weighted by Gasteiger charge is -2.26. The van der Waals surface area contributed by atoms with Crippen molar-refractivity contribution in [2.24, 2.45) is 0 Å². The summed E-state index contributed by atoms with van der Waals surface area (Å²) in [6.07, 6.45) is 5.45. The predicted octanol–water partition coefficient (Wildman–Crippen LogP) is 2.91. The van der Waals surface area contributed by atoms with Crippen molar-refractivity contribution in [2.75, 3.05) is 23.8 Å². The Hall–Kier alpha value is -3.03. The van der Waals surface area contributed by atoms with E-state index in [0.29, 0.717) is 23.7 Å². The van der Waals surface area contributed by atoms with Crippen LogP contribution < -0.4 is 20.7 Å². The maximum atomic E-state index is 12.4. The van der Waals surface area contributed by atoms with Crippen LogP contribution in [0, 0.1) is 20.8 Å². The van der Waals surface area contributed by atoms with Gasteiger partial charge in [0.15, 0.2) is 6.61 Å². The van der Waals surface area contributed by atoms with Crippen molar-refractivity contribution in [1.82, 2.24) is 14.9 Å². The lowest BCUT2D eigenvalue weighted by atomic mass is 9.99. The van der Waals surface area contributed by atoms with Crippen molar-refractivity contribution in [3.05, 3.63) is 34.9 Å². The molecule has 0 aliphatic carbocycles. The van der Waals surface area contributed by atoms with E-state index in [9.17, 15) is 9.59 Å². The number of ether oxygens (including phenoxy) is 1. The molecule has 3 rings (SSSR count). The summed E-state index contributed by atoms with van der Waals surface area (Å²) in [5.74, 6) is 1.53. The number of imidazole rings is 1. The number of aryl methyl sites for hydroxylation is 2. The number of nitrogens with one attached hydrogen (secondary N) is 3. The maximum absolute atomic E-state index is 12.4. The van der Waals surface area contributed by atoms with Gasteiger partial charge in [0.25, 0.3) is 5.91 Å². The molecule has 0 saturated carbocycles. The Kier molecular flexibility index (Phi) is 5.87. The van der Waals surface area contributed by atoms with Gasteiger partial charge in [-0.15, -0.1) is 0 Å². The van der Waals surface area contributed by atoms with E-state index in [2.05, 4.69) is 32.4 Å². The molecule has 1 aliphatic heterocycles. The number of nitrogens with zero attached hydrogens (tertiary/aromatic N) is 2. The van der Waals surface area contributed by atoms with Crippen LogP contribution in [0.4, 0.5) is 16.2 Å². The zero-order valence-electron chi connectivity index (χ0n) is 16.8. The Bertz CT molecular complexity index is 904. The fourth-order valence-electron chi connectivity index (χ4n) is 3.42. The predicted molar refractivity (Wildman–Crippen MR) is 108 cm³/mol. The molecule has 0 atom stereocenters. The van der Waals surface area contributed by atoms with Crippen LogP contribution in [0.3, 0.4) is 0 Å². The summed E-state index contributed by atoms with van der Waals surface area (Å²) in [7, 11) is 0. The summed E-state index contributed by atoms with van der Waals surface area (Å²) in [5, 5.41) is 8.66. The number of amides is 3. The lowest BCUT2D eigenvalue weighted by Crippen LogP contribution is -2.31. The molecule has 0 spiro atoms. The van der Waals surface area contributed by atoms with Gasteiger partial charge in [0.1, 0.15) is 11.6 Å². The topological polar surface area (TPSA) is 97.3 Å². The van der Waals surface area contributed by atoms with E-state index in [0.717, 1.165) is 41.9 Å². The van der Waals surface area contributed by atoms with E-state index in [4.69, 9.17) is 4.74 Å². The third-order valence-electron chi connectivity index (χ3n) is 5.08. The summed E-state index contributed by atoms with van der Waals surface area (Å²) in [5.41, 5.74) is 3.94. The minimum absolute atomic E-state index is 0.0106. The highest BCUT2D eigenvalue weighted by atomic mass is 16.5. The van der Waals surface area contributed by atoms with Crippen molar-refractivity contribution in [3.8, 4) is 5.75 Å². The van der Waals surface area contributed by atoms with Crippen LogP contribution in [0.1, 0.15) is 35.9 Å². The fourth-order valence-corrected chi connectivity index (χ4v) is 3.42.